The van der Waals surface area contributed by atoms with Crippen LogP contribution >= 0.6 is 0 Å². The van der Waals surface area contributed by atoms with Gasteiger partial charge in [-0.2, -0.15) is 0 Å². The Hall–Kier alpha value is -3.34. The summed E-state index contributed by atoms with van der Waals surface area (Å²) >= 11 is 0. The van der Waals surface area contributed by atoms with Gasteiger partial charge >= 0.3 is 24.2 Å². The highest BCUT2D eigenvalue weighted by atomic mass is 16.7. The molecule has 0 radical (unpaired) electrons. The molecule has 214 valence electrons. The van der Waals surface area contributed by atoms with Crippen LogP contribution in [-0.4, -0.2) is 63.8 Å². The van der Waals surface area contributed by atoms with Gasteiger partial charge in [0.05, 0.1) is 25.7 Å². The molecule has 1 aromatic rings. The predicted molar refractivity (Wildman–Crippen MR) is 138 cm³/mol. The standard InChI is InChI=1S/C27H41NO10/c1-7-9-14-35-25(31)37-21-12-11-19(18-22(21)38-26(32)36-15-10-8-2)17-20(23(29)33-6)28-13-16-34-24(30)27(3,4)5/h11-12,18,20,28H,7-10,13-17H2,1-6H3/t20-/m0/s1. The predicted octanol–water partition coefficient (Wildman–Crippen LogP) is 4.58. The van der Waals surface area contributed by atoms with Crippen LogP contribution < -0.4 is 14.8 Å². The molecule has 0 aliphatic rings. The summed E-state index contributed by atoms with van der Waals surface area (Å²) < 4.78 is 30.7. The molecule has 0 amide bonds. The fourth-order valence-electron chi connectivity index (χ4n) is 2.89. The first-order chi connectivity index (χ1) is 18.0. The Bertz CT molecular complexity index is 910. The Morgan fingerprint density at radius 1 is 0.842 bits per heavy atom. The number of hydrogen-bond donors (Lipinski definition) is 1. The summed E-state index contributed by atoms with van der Waals surface area (Å²) in [4.78, 5) is 48.6. The fraction of sp³-hybridized carbons (Fsp3) is 0.630. The largest absolute Gasteiger partial charge is 0.513 e. The average molecular weight is 540 g/mol. The molecule has 11 heteroatoms. The molecule has 0 aliphatic carbocycles. The van der Waals surface area contributed by atoms with Gasteiger partial charge in [0.15, 0.2) is 11.5 Å². The summed E-state index contributed by atoms with van der Waals surface area (Å²) in [5.74, 6) is -1.00. The number of nitrogens with one attached hydrogen (secondary N) is 1. The van der Waals surface area contributed by atoms with E-state index in [1.807, 2.05) is 13.8 Å². The van der Waals surface area contributed by atoms with Crippen molar-refractivity contribution in [3.05, 3.63) is 23.8 Å². The number of carbonyl (C=O) groups excluding carboxylic acids is 4. The number of hydrogen-bond acceptors (Lipinski definition) is 11. The molecule has 1 rings (SSSR count). The molecule has 0 bridgehead atoms. The SMILES string of the molecule is CCCCOC(=O)Oc1ccc(C[C@H](NCCOC(=O)C(C)(C)C)C(=O)OC)cc1OC(=O)OCCCC. The molecule has 11 nitrogen and oxygen atoms in total. The van der Waals surface area contributed by atoms with E-state index in [4.69, 9.17) is 28.4 Å². The van der Waals surface area contributed by atoms with E-state index in [0.717, 1.165) is 12.8 Å². The van der Waals surface area contributed by atoms with Gasteiger partial charge in [-0.1, -0.05) is 32.8 Å². The molecule has 0 saturated heterocycles. The lowest BCUT2D eigenvalue weighted by atomic mass is 9.97. The zero-order chi connectivity index (χ0) is 28.6. The normalized spacial score (nSPS) is 11.7. The first-order valence-corrected chi connectivity index (χ1v) is 12.8. The monoisotopic (exact) mass is 539 g/mol. The van der Waals surface area contributed by atoms with E-state index < -0.39 is 29.7 Å². The minimum atomic E-state index is -0.955. The lowest BCUT2D eigenvalue weighted by Gasteiger charge is -2.19. The number of methoxy groups -OCH3 is 1. The van der Waals surface area contributed by atoms with Gasteiger partial charge in [0.1, 0.15) is 12.6 Å². The van der Waals surface area contributed by atoms with Crippen LogP contribution in [0.3, 0.4) is 0 Å². The Morgan fingerprint density at radius 2 is 1.42 bits per heavy atom. The molecule has 1 atom stereocenters. The van der Waals surface area contributed by atoms with Crippen molar-refractivity contribution in [2.24, 2.45) is 5.41 Å². The molecule has 1 aromatic carbocycles. The van der Waals surface area contributed by atoms with Crippen molar-refractivity contribution in [2.75, 3.05) is 33.5 Å². The molecular weight excluding hydrogens is 498 g/mol. The average Bonchev–Trinajstić information content (AvgIpc) is 2.86. The van der Waals surface area contributed by atoms with Gasteiger partial charge in [-0.05, 0) is 57.7 Å². The molecule has 0 aromatic heterocycles. The molecule has 0 aliphatic heterocycles. The fourth-order valence-corrected chi connectivity index (χ4v) is 2.89. The van der Waals surface area contributed by atoms with Crippen LogP contribution in [0.25, 0.3) is 0 Å². The molecule has 0 fully saturated rings. The molecule has 1 N–H and O–H groups in total. The zero-order valence-corrected chi connectivity index (χ0v) is 23.3. The van der Waals surface area contributed by atoms with Crippen LogP contribution in [0.1, 0.15) is 65.9 Å². The van der Waals surface area contributed by atoms with E-state index in [1.54, 1.807) is 26.8 Å². The van der Waals surface area contributed by atoms with Gasteiger partial charge in [-0.15, -0.1) is 0 Å². The number of carbonyl (C=O) groups is 4. The quantitative estimate of drug-likeness (QED) is 0.145. The number of benzene rings is 1. The number of rotatable bonds is 15. The Kier molecular flexibility index (Phi) is 14.8. The van der Waals surface area contributed by atoms with Crippen LogP contribution in [0.15, 0.2) is 18.2 Å². The van der Waals surface area contributed by atoms with Gasteiger partial charge in [-0.25, -0.2) is 9.59 Å². The summed E-state index contributed by atoms with van der Waals surface area (Å²) in [5, 5.41) is 3.01. The topological polar surface area (TPSA) is 136 Å². The zero-order valence-electron chi connectivity index (χ0n) is 23.3. The second-order valence-electron chi connectivity index (χ2n) is 9.51. The molecule has 0 heterocycles. The molecule has 0 saturated carbocycles. The van der Waals surface area contributed by atoms with E-state index in [2.05, 4.69) is 5.32 Å². The third-order valence-electron chi connectivity index (χ3n) is 5.09. The second kappa shape index (κ2) is 17.2. The lowest BCUT2D eigenvalue weighted by molar-refractivity contribution is -0.152. The Balaban J connectivity index is 2.98. The van der Waals surface area contributed by atoms with E-state index >= 15 is 0 Å². The molecule has 0 spiro atoms. The highest BCUT2D eigenvalue weighted by Crippen LogP contribution is 2.30. The van der Waals surface area contributed by atoms with Gasteiger partial charge in [0, 0.05) is 6.54 Å². The minimum Gasteiger partial charge on any atom is -0.468 e. The third-order valence-corrected chi connectivity index (χ3v) is 5.09. The summed E-state index contributed by atoms with van der Waals surface area (Å²) in [5.41, 5.74) is -0.0649. The van der Waals surface area contributed by atoms with E-state index in [0.29, 0.717) is 18.4 Å². The molecule has 0 unspecified atom stereocenters. The Labute approximate surface area is 224 Å². The summed E-state index contributed by atoms with van der Waals surface area (Å²) in [7, 11) is 1.26. The van der Waals surface area contributed by atoms with Crippen molar-refractivity contribution in [3.63, 3.8) is 0 Å². The van der Waals surface area contributed by atoms with E-state index in [1.165, 1.54) is 19.2 Å². The van der Waals surface area contributed by atoms with Crippen molar-refractivity contribution >= 4 is 24.2 Å². The van der Waals surface area contributed by atoms with E-state index in [-0.39, 0.29) is 50.3 Å². The van der Waals surface area contributed by atoms with Crippen LogP contribution in [0.5, 0.6) is 11.5 Å². The van der Waals surface area contributed by atoms with Crippen molar-refractivity contribution in [3.8, 4) is 11.5 Å². The van der Waals surface area contributed by atoms with Crippen LogP contribution in [0, 0.1) is 5.41 Å². The van der Waals surface area contributed by atoms with Gasteiger partial charge < -0.3 is 33.7 Å². The molecular formula is C27H41NO10. The lowest BCUT2D eigenvalue weighted by Crippen LogP contribution is -2.41. The summed E-state index contributed by atoms with van der Waals surface area (Å²) in [6.07, 6.45) is 1.27. The summed E-state index contributed by atoms with van der Waals surface area (Å²) in [6, 6.07) is 3.72. The molecule has 38 heavy (non-hydrogen) atoms. The van der Waals surface area contributed by atoms with Crippen molar-refractivity contribution in [1.29, 1.82) is 0 Å². The van der Waals surface area contributed by atoms with Crippen molar-refractivity contribution < 1.29 is 47.6 Å². The maximum atomic E-state index is 12.4. The highest BCUT2D eigenvalue weighted by molar-refractivity contribution is 5.76. The number of unbranched alkanes of at least 4 members (excludes halogenated alkanes) is 2. The second-order valence-corrected chi connectivity index (χ2v) is 9.51. The highest BCUT2D eigenvalue weighted by Gasteiger charge is 2.24. The minimum absolute atomic E-state index is 0.0423. The van der Waals surface area contributed by atoms with Crippen LogP contribution in [0.2, 0.25) is 0 Å². The van der Waals surface area contributed by atoms with Crippen LogP contribution in [-0.2, 0) is 35.0 Å². The third kappa shape index (κ3) is 12.8. The maximum absolute atomic E-state index is 12.4. The van der Waals surface area contributed by atoms with Gasteiger partial charge in [-0.3, -0.25) is 9.59 Å². The first kappa shape index (κ1) is 32.7. The summed E-state index contributed by atoms with van der Waals surface area (Å²) in [6.45, 7) is 9.80. The van der Waals surface area contributed by atoms with Crippen LogP contribution in [0.4, 0.5) is 9.59 Å². The maximum Gasteiger partial charge on any atom is 0.513 e. The Morgan fingerprint density at radius 3 is 1.95 bits per heavy atom. The number of ether oxygens (including phenoxy) is 6. The number of esters is 2. The van der Waals surface area contributed by atoms with Crippen molar-refractivity contribution in [1.82, 2.24) is 5.32 Å². The van der Waals surface area contributed by atoms with Gasteiger partial charge in [0.2, 0.25) is 0 Å². The first-order valence-electron chi connectivity index (χ1n) is 12.8. The smallest absolute Gasteiger partial charge is 0.468 e. The van der Waals surface area contributed by atoms with Gasteiger partial charge in [0.25, 0.3) is 0 Å². The van der Waals surface area contributed by atoms with E-state index in [9.17, 15) is 19.2 Å². The van der Waals surface area contributed by atoms with Crippen molar-refractivity contribution in [2.45, 2.75) is 72.8 Å².